The molecule has 2 nitrogen and oxygen atoms in total. The highest BCUT2D eigenvalue weighted by Crippen LogP contribution is 2.25. The SMILES string of the molecule is [B]N1C=C2C=CC=CN2C1=C. The summed E-state index contributed by atoms with van der Waals surface area (Å²) in [7, 11) is 5.59. The number of rotatable bonds is 0. The van der Waals surface area contributed by atoms with Gasteiger partial charge in [0.2, 0.25) is 7.98 Å². The first-order chi connectivity index (χ1) is 5.29. The summed E-state index contributed by atoms with van der Waals surface area (Å²) in [5.74, 6) is 0.778. The summed E-state index contributed by atoms with van der Waals surface area (Å²) in [6.45, 7) is 3.81. The van der Waals surface area contributed by atoms with E-state index in [1.807, 2.05) is 35.5 Å². The van der Waals surface area contributed by atoms with Crippen LogP contribution in [0.3, 0.4) is 0 Å². The average Bonchev–Trinajstić information content (AvgIpc) is 2.30. The number of hydrogen-bond donors (Lipinski definition) is 0. The normalized spacial score (nSPS) is 20.7. The number of hydrogen-bond acceptors (Lipinski definition) is 2. The molecule has 0 amide bonds. The minimum Gasteiger partial charge on any atom is -0.389 e. The molecule has 11 heavy (non-hydrogen) atoms. The Bertz CT molecular complexity index is 288. The van der Waals surface area contributed by atoms with Crippen molar-refractivity contribution in [2.45, 2.75) is 0 Å². The van der Waals surface area contributed by atoms with E-state index in [-0.39, 0.29) is 0 Å². The van der Waals surface area contributed by atoms with Gasteiger partial charge in [-0.05, 0) is 12.2 Å². The predicted octanol–water partition coefficient (Wildman–Crippen LogP) is 1.08. The van der Waals surface area contributed by atoms with Crippen molar-refractivity contribution >= 4 is 7.98 Å². The largest absolute Gasteiger partial charge is 0.389 e. The Kier molecular flexibility index (Phi) is 1.18. The van der Waals surface area contributed by atoms with Gasteiger partial charge in [-0.1, -0.05) is 12.7 Å². The summed E-state index contributed by atoms with van der Waals surface area (Å²) in [4.78, 5) is 3.44. The molecule has 0 unspecified atom stereocenters. The van der Waals surface area contributed by atoms with Crippen LogP contribution in [0.4, 0.5) is 0 Å². The second kappa shape index (κ2) is 2.05. The molecular weight excluding hydrogens is 135 g/mol. The van der Waals surface area contributed by atoms with Crippen LogP contribution in [0.25, 0.3) is 0 Å². The lowest BCUT2D eigenvalue weighted by Gasteiger charge is -2.20. The minimum atomic E-state index is 0.778. The molecule has 0 fully saturated rings. The van der Waals surface area contributed by atoms with E-state index in [9.17, 15) is 0 Å². The van der Waals surface area contributed by atoms with Crippen molar-refractivity contribution in [2.24, 2.45) is 0 Å². The molecule has 52 valence electrons. The third-order valence-corrected chi connectivity index (χ3v) is 1.74. The average molecular weight is 142 g/mol. The molecule has 0 bridgehead atoms. The summed E-state index contributed by atoms with van der Waals surface area (Å²) in [5, 5.41) is 0. The molecule has 0 aromatic heterocycles. The Balaban J connectivity index is 2.40. The topological polar surface area (TPSA) is 6.48 Å². The van der Waals surface area contributed by atoms with Crippen LogP contribution in [0.2, 0.25) is 0 Å². The van der Waals surface area contributed by atoms with Crippen LogP contribution < -0.4 is 0 Å². The third kappa shape index (κ3) is 0.809. The highest BCUT2D eigenvalue weighted by Gasteiger charge is 2.19. The van der Waals surface area contributed by atoms with Crippen molar-refractivity contribution in [1.82, 2.24) is 9.71 Å². The summed E-state index contributed by atoms with van der Waals surface area (Å²) in [6.07, 6.45) is 9.66. The lowest BCUT2D eigenvalue weighted by Crippen LogP contribution is -2.17. The van der Waals surface area contributed by atoms with Gasteiger partial charge < -0.3 is 9.71 Å². The van der Waals surface area contributed by atoms with Crippen LogP contribution in [0.15, 0.2) is 48.7 Å². The second-order valence-corrected chi connectivity index (χ2v) is 2.45. The van der Waals surface area contributed by atoms with E-state index < -0.39 is 0 Å². The van der Waals surface area contributed by atoms with Crippen LogP contribution >= 0.6 is 0 Å². The molecule has 2 radical (unpaired) electrons. The molecule has 3 heteroatoms. The summed E-state index contributed by atoms with van der Waals surface area (Å²) < 4.78 is 0. The van der Waals surface area contributed by atoms with Gasteiger partial charge in [-0.25, -0.2) is 0 Å². The molecule has 2 rings (SSSR count). The molecular formula is C8H7BN2. The molecule has 0 saturated carbocycles. The quantitative estimate of drug-likeness (QED) is 0.467. The highest BCUT2D eigenvalue weighted by molar-refractivity contribution is 6.06. The zero-order valence-electron chi connectivity index (χ0n) is 6.07. The van der Waals surface area contributed by atoms with Gasteiger partial charge in [0, 0.05) is 12.4 Å². The first kappa shape index (κ1) is 6.34. The zero-order valence-corrected chi connectivity index (χ0v) is 6.07. The Morgan fingerprint density at radius 3 is 2.91 bits per heavy atom. The summed E-state index contributed by atoms with van der Waals surface area (Å²) in [5.41, 5.74) is 1.06. The molecule has 0 atom stereocenters. The van der Waals surface area contributed by atoms with Crippen molar-refractivity contribution < 1.29 is 0 Å². The van der Waals surface area contributed by atoms with E-state index in [0.29, 0.717) is 0 Å². The van der Waals surface area contributed by atoms with Gasteiger partial charge in [0.25, 0.3) is 0 Å². The van der Waals surface area contributed by atoms with Crippen LogP contribution in [0.5, 0.6) is 0 Å². The van der Waals surface area contributed by atoms with E-state index in [2.05, 4.69) is 6.58 Å². The van der Waals surface area contributed by atoms with Gasteiger partial charge in [-0.2, -0.15) is 0 Å². The van der Waals surface area contributed by atoms with Crippen molar-refractivity contribution in [3.05, 3.63) is 48.7 Å². The molecule has 2 aliphatic rings. The first-order valence-electron chi connectivity index (χ1n) is 3.38. The molecule has 0 saturated heterocycles. The Morgan fingerprint density at radius 2 is 2.18 bits per heavy atom. The maximum atomic E-state index is 5.59. The van der Waals surface area contributed by atoms with E-state index >= 15 is 0 Å². The van der Waals surface area contributed by atoms with Crippen LogP contribution in [-0.4, -0.2) is 17.7 Å². The monoisotopic (exact) mass is 142 g/mol. The first-order valence-corrected chi connectivity index (χ1v) is 3.38. The van der Waals surface area contributed by atoms with Crippen molar-refractivity contribution in [3.63, 3.8) is 0 Å². The fraction of sp³-hybridized carbons (Fsp3) is 0. The zero-order chi connectivity index (χ0) is 7.84. The molecule has 2 heterocycles. The molecule has 0 aliphatic carbocycles. The minimum absolute atomic E-state index is 0.778. The maximum absolute atomic E-state index is 5.59. The van der Waals surface area contributed by atoms with Crippen molar-refractivity contribution in [2.75, 3.05) is 0 Å². The lowest BCUT2D eigenvalue weighted by molar-refractivity contribution is 0.539. The molecule has 0 spiro atoms. The van der Waals surface area contributed by atoms with Gasteiger partial charge in [-0.15, -0.1) is 0 Å². The standard InChI is InChI=1S/C8H7BN2/c1-7-10-5-3-2-4-8(10)6-11(7)9/h2-6H,1H2. The third-order valence-electron chi connectivity index (χ3n) is 1.74. The predicted molar refractivity (Wildman–Crippen MR) is 44.9 cm³/mol. The lowest BCUT2D eigenvalue weighted by atomic mass is 10.3. The second-order valence-electron chi connectivity index (χ2n) is 2.45. The molecule has 2 aliphatic heterocycles. The smallest absolute Gasteiger partial charge is 0.236 e. The van der Waals surface area contributed by atoms with E-state index in [4.69, 9.17) is 7.98 Å². The van der Waals surface area contributed by atoms with Crippen LogP contribution in [0.1, 0.15) is 0 Å². The Labute approximate surface area is 67.2 Å². The molecule has 0 aromatic rings. The van der Waals surface area contributed by atoms with Gasteiger partial charge in [0.15, 0.2) is 0 Å². The van der Waals surface area contributed by atoms with Gasteiger partial charge in [-0.3, -0.25) is 0 Å². The number of nitrogens with zero attached hydrogens (tertiary/aromatic N) is 2. The van der Waals surface area contributed by atoms with Crippen molar-refractivity contribution in [1.29, 1.82) is 0 Å². The van der Waals surface area contributed by atoms with Crippen LogP contribution in [0, 0.1) is 0 Å². The van der Waals surface area contributed by atoms with E-state index in [1.54, 1.807) is 0 Å². The highest BCUT2D eigenvalue weighted by atomic mass is 15.3. The molecule has 0 aromatic carbocycles. The maximum Gasteiger partial charge on any atom is 0.236 e. The molecule has 0 N–H and O–H groups in total. The van der Waals surface area contributed by atoms with Gasteiger partial charge in [0.05, 0.1) is 11.5 Å². The number of allylic oxidation sites excluding steroid dienone is 3. The fourth-order valence-corrected chi connectivity index (χ4v) is 1.14. The summed E-state index contributed by atoms with van der Waals surface area (Å²) in [6, 6.07) is 0. The number of fused-ring (bicyclic) bond motifs is 1. The summed E-state index contributed by atoms with van der Waals surface area (Å²) >= 11 is 0. The Hall–Kier alpha value is -1.38. The fourth-order valence-electron chi connectivity index (χ4n) is 1.14. The van der Waals surface area contributed by atoms with E-state index in [1.165, 1.54) is 4.81 Å². The van der Waals surface area contributed by atoms with E-state index in [0.717, 1.165) is 11.5 Å². The van der Waals surface area contributed by atoms with Gasteiger partial charge >= 0.3 is 0 Å². The van der Waals surface area contributed by atoms with Crippen LogP contribution in [-0.2, 0) is 0 Å². The van der Waals surface area contributed by atoms with Crippen molar-refractivity contribution in [3.8, 4) is 0 Å². The Morgan fingerprint density at radius 1 is 1.36 bits per heavy atom. The van der Waals surface area contributed by atoms with Gasteiger partial charge in [0.1, 0.15) is 0 Å².